The molecule has 48 heavy (non-hydrogen) atoms. The van der Waals surface area contributed by atoms with E-state index in [2.05, 4.69) is 32.1 Å². The normalized spacial score (nSPS) is 12.0. The van der Waals surface area contributed by atoms with E-state index in [0.29, 0.717) is 42.3 Å². The number of nitrogens with zero attached hydrogens (tertiary/aromatic N) is 2. The Morgan fingerprint density at radius 2 is 1.54 bits per heavy atom. The van der Waals surface area contributed by atoms with Crippen molar-refractivity contribution in [3.05, 3.63) is 155 Å². The number of aliphatic hydroxyl groups is 1. The van der Waals surface area contributed by atoms with Crippen LogP contribution >= 0.6 is 0 Å². The number of pyridine rings is 1. The fourth-order valence-electron chi connectivity index (χ4n) is 5.24. The zero-order valence-corrected chi connectivity index (χ0v) is 27.6. The first-order chi connectivity index (χ1) is 23.2. The lowest BCUT2D eigenvalue weighted by molar-refractivity contribution is -0.115. The van der Waals surface area contributed by atoms with Gasteiger partial charge in [-0.25, -0.2) is 8.42 Å². The van der Waals surface area contributed by atoms with Gasteiger partial charge in [-0.15, -0.1) is 0 Å². The van der Waals surface area contributed by atoms with Gasteiger partial charge in [0.15, 0.2) is 0 Å². The largest absolute Gasteiger partial charge is 0.487 e. The number of benzene rings is 4. The van der Waals surface area contributed by atoms with Crippen molar-refractivity contribution in [3.63, 3.8) is 0 Å². The van der Waals surface area contributed by atoms with Crippen molar-refractivity contribution in [2.24, 2.45) is 0 Å². The first-order valence-corrected chi connectivity index (χ1v) is 17.6. The first-order valence-electron chi connectivity index (χ1n) is 15.7. The van der Waals surface area contributed by atoms with Gasteiger partial charge in [0.2, 0.25) is 15.9 Å². The Labute approximate surface area is 282 Å². The highest BCUT2D eigenvalue weighted by molar-refractivity contribution is 7.92. The maximum atomic E-state index is 12.5. The van der Waals surface area contributed by atoms with Gasteiger partial charge in [-0.2, -0.15) is 0 Å². The number of ether oxygens (including phenoxy) is 1. The lowest BCUT2D eigenvalue weighted by Crippen LogP contribution is -2.30. The number of nitrogens with one attached hydrogen (secondary N) is 2. The molecule has 5 rings (SSSR count). The highest BCUT2D eigenvalue weighted by Crippen LogP contribution is 2.30. The smallest absolute Gasteiger partial charge is 0.230 e. The maximum absolute atomic E-state index is 12.5. The van der Waals surface area contributed by atoms with Gasteiger partial charge in [-0.05, 0) is 65.1 Å². The molecule has 9 nitrogen and oxygen atoms in total. The fourth-order valence-corrected chi connectivity index (χ4v) is 5.80. The van der Waals surface area contributed by atoms with Gasteiger partial charge in [0.05, 0.1) is 24.5 Å². The van der Waals surface area contributed by atoms with Gasteiger partial charge < -0.3 is 15.2 Å². The molecule has 248 valence electrons. The molecule has 0 aliphatic heterocycles. The lowest BCUT2D eigenvalue weighted by atomic mass is 10.1. The van der Waals surface area contributed by atoms with E-state index >= 15 is 0 Å². The number of aromatic nitrogens is 1. The Bertz CT molecular complexity index is 1860. The summed E-state index contributed by atoms with van der Waals surface area (Å²) in [5, 5.41) is 14.3. The molecule has 0 fully saturated rings. The highest BCUT2D eigenvalue weighted by Gasteiger charge is 2.18. The molecule has 0 radical (unpaired) electrons. The van der Waals surface area contributed by atoms with Crippen LogP contribution in [0.3, 0.4) is 0 Å². The van der Waals surface area contributed by atoms with E-state index in [1.807, 2.05) is 91.0 Å². The van der Waals surface area contributed by atoms with Crippen LogP contribution in [0, 0.1) is 0 Å². The van der Waals surface area contributed by atoms with Crippen LogP contribution in [0.4, 0.5) is 11.4 Å². The summed E-state index contributed by atoms with van der Waals surface area (Å²) >= 11 is 0. The number of anilines is 2. The second-order valence-corrected chi connectivity index (χ2v) is 13.4. The predicted molar refractivity (Wildman–Crippen MR) is 189 cm³/mol. The van der Waals surface area contributed by atoms with E-state index in [1.54, 1.807) is 24.4 Å². The average Bonchev–Trinajstić information content (AvgIpc) is 3.08. The van der Waals surface area contributed by atoms with Crippen molar-refractivity contribution in [3.8, 4) is 5.75 Å². The quantitative estimate of drug-likeness (QED) is 0.119. The van der Waals surface area contributed by atoms with E-state index in [0.717, 1.165) is 29.4 Å². The van der Waals surface area contributed by atoms with Gasteiger partial charge in [-0.1, -0.05) is 84.9 Å². The summed E-state index contributed by atoms with van der Waals surface area (Å²) in [4.78, 5) is 18.8. The molecule has 3 N–H and O–H groups in total. The number of hydrogen-bond acceptors (Lipinski definition) is 7. The maximum Gasteiger partial charge on any atom is 0.230 e. The Morgan fingerprint density at radius 3 is 2.21 bits per heavy atom. The Kier molecular flexibility index (Phi) is 11.9. The van der Waals surface area contributed by atoms with Gasteiger partial charge >= 0.3 is 0 Å². The minimum absolute atomic E-state index is 0.129. The summed E-state index contributed by atoms with van der Waals surface area (Å²) < 4.78 is 32.9. The third-order valence-corrected chi connectivity index (χ3v) is 8.21. The molecule has 4 aromatic carbocycles. The number of sulfonamides is 1. The van der Waals surface area contributed by atoms with E-state index in [4.69, 9.17) is 4.74 Å². The molecule has 0 aliphatic carbocycles. The molecule has 0 spiro atoms. The Morgan fingerprint density at radius 1 is 0.854 bits per heavy atom. The molecule has 0 bridgehead atoms. The van der Waals surface area contributed by atoms with E-state index in [-0.39, 0.29) is 24.6 Å². The molecule has 0 saturated carbocycles. The Hall–Kier alpha value is -5.03. The van der Waals surface area contributed by atoms with E-state index in [1.165, 1.54) is 0 Å². The number of hydrogen-bond donors (Lipinski definition) is 3. The SMILES string of the molecule is CS(=O)(=O)Nc1cc(C(O)CN(CCc2ccc(NC(=O)Cc3ccccn3)cc2)Cc2ccccc2)ccc1OCc1ccccc1. The third-order valence-electron chi connectivity index (χ3n) is 7.62. The molecule has 5 aromatic rings. The molecular weight excluding hydrogens is 625 g/mol. The third kappa shape index (κ3) is 11.0. The summed E-state index contributed by atoms with van der Waals surface area (Å²) in [5.41, 5.74) is 5.41. The zero-order chi connectivity index (χ0) is 33.8. The summed E-state index contributed by atoms with van der Waals surface area (Å²) in [5.74, 6) is 0.243. The van der Waals surface area contributed by atoms with Gasteiger partial charge in [-0.3, -0.25) is 19.4 Å². The fraction of sp³-hybridized carbons (Fsp3) is 0.211. The first kappa shape index (κ1) is 34.3. The van der Waals surface area contributed by atoms with E-state index < -0.39 is 16.1 Å². The topological polar surface area (TPSA) is 121 Å². The van der Waals surface area contributed by atoms with Crippen LogP contribution in [-0.2, 0) is 40.8 Å². The van der Waals surface area contributed by atoms with Crippen LogP contribution < -0.4 is 14.8 Å². The summed E-state index contributed by atoms with van der Waals surface area (Å²) in [6.07, 6.45) is 2.78. The standard InChI is InChI=1S/C38H40N4O5S/c1-48(45,46)41-35-24-32(17-20-37(35)47-28-31-12-6-3-7-13-31)36(43)27-42(26-30-10-4-2-5-11-30)23-21-29-15-18-33(19-16-29)40-38(44)25-34-14-8-9-22-39-34/h2-20,22,24,36,41,43H,21,23,25-28H2,1H3,(H,40,44). The monoisotopic (exact) mass is 664 g/mol. The van der Waals surface area contributed by atoms with Crippen LogP contribution in [-0.4, -0.2) is 48.7 Å². The highest BCUT2D eigenvalue weighted by atomic mass is 32.2. The van der Waals surface area contributed by atoms with Crippen molar-refractivity contribution < 1.29 is 23.1 Å². The van der Waals surface area contributed by atoms with Crippen molar-refractivity contribution in [1.82, 2.24) is 9.88 Å². The van der Waals surface area contributed by atoms with Gasteiger partial charge in [0.1, 0.15) is 12.4 Å². The Balaban J connectivity index is 1.25. The summed E-state index contributed by atoms with van der Waals surface area (Å²) in [6, 6.07) is 38.0. The average molecular weight is 665 g/mol. The van der Waals surface area contributed by atoms with Crippen molar-refractivity contribution in [1.29, 1.82) is 0 Å². The molecule has 0 aliphatic rings. The molecule has 1 aromatic heterocycles. The zero-order valence-electron chi connectivity index (χ0n) is 26.8. The number of carbonyl (C=O) groups excluding carboxylic acids is 1. The number of amides is 1. The second kappa shape index (κ2) is 16.7. The lowest BCUT2D eigenvalue weighted by Gasteiger charge is -2.26. The van der Waals surface area contributed by atoms with Crippen LogP contribution in [0.1, 0.15) is 34.1 Å². The van der Waals surface area contributed by atoms with Crippen molar-refractivity contribution >= 4 is 27.3 Å². The number of carbonyl (C=O) groups is 1. The van der Waals surface area contributed by atoms with E-state index in [9.17, 15) is 18.3 Å². The summed E-state index contributed by atoms with van der Waals surface area (Å²) in [7, 11) is -3.60. The second-order valence-electron chi connectivity index (χ2n) is 11.6. The van der Waals surface area contributed by atoms with Crippen LogP contribution in [0.5, 0.6) is 5.75 Å². The molecule has 0 saturated heterocycles. The summed E-state index contributed by atoms with van der Waals surface area (Å²) in [6.45, 7) is 1.86. The van der Waals surface area contributed by atoms with Crippen molar-refractivity contribution in [2.75, 3.05) is 29.4 Å². The van der Waals surface area contributed by atoms with Crippen molar-refractivity contribution in [2.45, 2.75) is 32.1 Å². The molecule has 1 atom stereocenters. The van der Waals surface area contributed by atoms with Gasteiger partial charge in [0, 0.05) is 37.2 Å². The van der Waals surface area contributed by atoms with Crippen LogP contribution in [0.2, 0.25) is 0 Å². The molecule has 1 amide bonds. The van der Waals surface area contributed by atoms with Crippen LogP contribution in [0.15, 0.2) is 128 Å². The van der Waals surface area contributed by atoms with Gasteiger partial charge in [0.25, 0.3) is 0 Å². The predicted octanol–water partition coefficient (Wildman–Crippen LogP) is 5.99. The van der Waals surface area contributed by atoms with Crippen LogP contribution in [0.25, 0.3) is 0 Å². The molecular formula is C38H40N4O5S. The number of aliphatic hydroxyl groups excluding tert-OH is 1. The molecule has 10 heteroatoms. The molecule has 1 heterocycles. The minimum atomic E-state index is -3.60. The molecule has 1 unspecified atom stereocenters. The number of rotatable bonds is 16. The minimum Gasteiger partial charge on any atom is -0.487 e.